The van der Waals surface area contributed by atoms with Crippen LogP contribution in [0.15, 0.2) is 47.6 Å². The average molecular weight is 401 g/mol. The van der Waals surface area contributed by atoms with Gasteiger partial charge in [-0.1, -0.05) is 19.1 Å². The predicted octanol–water partition coefficient (Wildman–Crippen LogP) is 3.73. The Hall–Kier alpha value is -2.80. The predicted molar refractivity (Wildman–Crippen MR) is 112 cm³/mol. The SMILES string of the molecule is CCc1ccc(C(=O)N/N=C(/C)c2ccc(OC)c(CSCC(=O)O)c2)cc1. The normalized spacial score (nSPS) is 11.2. The van der Waals surface area contributed by atoms with Crippen LogP contribution in [-0.2, 0) is 17.0 Å². The zero-order chi connectivity index (χ0) is 20.5. The second kappa shape index (κ2) is 10.5. The second-order valence-electron chi connectivity index (χ2n) is 6.10. The Labute approximate surface area is 169 Å². The van der Waals surface area contributed by atoms with Crippen LogP contribution in [0.2, 0.25) is 0 Å². The molecule has 0 aliphatic carbocycles. The highest BCUT2D eigenvalue weighted by atomic mass is 32.2. The van der Waals surface area contributed by atoms with Gasteiger partial charge in [-0.3, -0.25) is 9.59 Å². The van der Waals surface area contributed by atoms with E-state index in [0.717, 1.165) is 17.5 Å². The van der Waals surface area contributed by atoms with Gasteiger partial charge in [0, 0.05) is 16.9 Å². The zero-order valence-electron chi connectivity index (χ0n) is 16.2. The number of ether oxygens (including phenoxy) is 1. The number of carboxylic acids is 1. The van der Waals surface area contributed by atoms with E-state index in [-0.39, 0.29) is 11.7 Å². The van der Waals surface area contributed by atoms with Gasteiger partial charge in [0.25, 0.3) is 5.91 Å². The van der Waals surface area contributed by atoms with Gasteiger partial charge in [-0.25, -0.2) is 5.43 Å². The summed E-state index contributed by atoms with van der Waals surface area (Å²) in [6.07, 6.45) is 0.920. The van der Waals surface area contributed by atoms with Crippen molar-refractivity contribution in [3.05, 3.63) is 64.7 Å². The fraction of sp³-hybridized carbons (Fsp3) is 0.286. The molecule has 0 aliphatic heterocycles. The standard InChI is InChI=1S/C21H24N2O4S/c1-4-15-5-7-16(8-6-15)21(26)23-22-14(2)17-9-10-19(27-3)18(11-17)12-28-13-20(24)25/h5-11H,4,12-13H2,1-3H3,(H,23,26)(H,24,25)/b22-14-. The molecule has 2 aromatic carbocycles. The minimum atomic E-state index is -0.854. The van der Waals surface area contributed by atoms with Crippen LogP contribution in [0, 0.1) is 0 Å². The Kier molecular flexibility index (Phi) is 8.07. The van der Waals surface area contributed by atoms with Crippen molar-refractivity contribution >= 4 is 29.4 Å². The van der Waals surface area contributed by atoms with E-state index in [9.17, 15) is 9.59 Å². The van der Waals surface area contributed by atoms with E-state index < -0.39 is 5.97 Å². The zero-order valence-corrected chi connectivity index (χ0v) is 17.0. The number of hydrogen-bond acceptors (Lipinski definition) is 5. The molecule has 0 heterocycles. The molecule has 0 bridgehead atoms. The fourth-order valence-corrected chi connectivity index (χ4v) is 3.24. The topological polar surface area (TPSA) is 88.0 Å². The molecule has 0 spiro atoms. The largest absolute Gasteiger partial charge is 0.496 e. The minimum absolute atomic E-state index is 0.0212. The van der Waals surface area contributed by atoms with E-state index in [1.165, 1.54) is 17.3 Å². The number of nitrogens with zero attached hydrogens (tertiary/aromatic N) is 1. The molecule has 148 valence electrons. The first kappa shape index (κ1) is 21.5. The lowest BCUT2D eigenvalue weighted by molar-refractivity contribution is -0.133. The van der Waals surface area contributed by atoms with Crippen molar-refractivity contribution in [2.24, 2.45) is 5.10 Å². The lowest BCUT2D eigenvalue weighted by atomic mass is 10.1. The number of amides is 1. The summed E-state index contributed by atoms with van der Waals surface area (Å²) in [5.41, 5.74) is 6.64. The second-order valence-corrected chi connectivity index (χ2v) is 7.09. The molecular formula is C21H24N2O4S. The molecule has 28 heavy (non-hydrogen) atoms. The van der Waals surface area contributed by atoms with E-state index in [4.69, 9.17) is 9.84 Å². The van der Waals surface area contributed by atoms with Gasteiger partial charge in [0.05, 0.1) is 18.6 Å². The smallest absolute Gasteiger partial charge is 0.313 e. The molecule has 2 aromatic rings. The Bertz CT molecular complexity index is 863. The molecule has 6 nitrogen and oxygen atoms in total. The van der Waals surface area contributed by atoms with Gasteiger partial charge in [0.1, 0.15) is 5.75 Å². The van der Waals surface area contributed by atoms with Crippen molar-refractivity contribution in [2.45, 2.75) is 26.0 Å². The van der Waals surface area contributed by atoms with Gasteiger partial charge in [-0.15, -0.1) is 11.8 Å². The number of hydrazone groups is 1. The maximum atomic E-state index is 12.3. The van der Waals surface area contributed by atoms with Gasteiger partial charge in [-0.2, -0.15) is 5.10 Å². The van der Waals surface area contributed by atoms with Crippen LogP contribution >= 0.6 is 11.8 Å². The number of carbonyl (C=O) groups excluding carboxylic acids is 1. The first-order valence-electron chi connectivity index (χ1n) is 8.85. The molecule has 2 N–H and O–H groups in total. The van der Waals surface area contributed by atoms with Crippen molar-refractivity contribution in [3.63, 3.8) is 0 Å². The summed E-state index contributed by atoms with van der Waals surface area (Å²) >= 11 is 1.29. The van der Waals surface area contributed by atoms with Gasteiger partial charge >= 0.3 is 5.97 Å². The summed E-state index contributed by atoms with van der Waals surface area (Å²) in [4.78, 5) is 23.0. The van der Waals surface area contributed by atoms with Gasteiger partial charge < -0.3 is 9.84 Å². The van der Waals surface area contributed by atoms with Crippen molar-refractivity contribution in [3.8, 4) is 5.75 Å². The molecule has 0 radical (unpaired) electrons. The van der Waals surface area contributed by atoms with Crippen LogP contribution in [0.5, 0.6) is 5.75 Å². The molecule has 0 saturated heterocycles. The summed E-state index contributed by atoms with van der Waals surface area (Å²) in [5.74, 6) is 0.0925. The maximum absolute atomic E-state index is 12.3. The highest BCUT2D eigenvalue weighted by Crippen LogP contribution is 2.25. The fourth-order valence-electron chi connectivity index (χ4n) is 2.52. The number of rotatable bonds is 9. The molecule has 0 saturated carbocycles. The number of nitrogens with one attached hydrogen (secondary N) is 1. The van der Waals surface area contributed by atoms with E-state index in [0.29, 0.717) is 22.8 Å². The van der Waals surface area contributed by atoms with Crippen LogP contribution in [0.4, 0.5) is 0 Å². The molecule has 0 aromatic heterocycles. The summed E-state index contributed by atoms with van der Waals surface area (Å²) in [6.45, 7) is 3.86. The Morgan fingerprint density at radius 1 is 1.14 bits per heavy atom. The third kappa shape index (κ3) is 6.13. The van der Waals surface area contributed by atoms with Gasteiger partial charge in [-0.05, 0) is 54.8 Å². The number of benzene rings is 2. The summed E-state index contributed by atoms with van der Waals surface area (Å²) in [5, 5.41) is 13.0. The maximum Gasteiger partial charge on any atom is 0.313 e. The molecule has 1 amide bonds. The minimum Gasteiger partial charge on any atom is -0.496 e. The van der Waals surface area contributed by atoms with E-state index in [1.807, 2.05) is 30.3 Å². The Morgan fingerprint density at radius 3 is 2.43 bits per heavy atom. The number of aliphatic carboxylic acids is 1. The van der Waals surface area contributed by atoms with E-state index in [1.54, 1.807) is 26.2 Å². The van der Waals surface area contributed by atoms with E-state index in [2.05, 4.69) is 17.5 Å². The number of carbonyl (C=O) groups is 2. The molecular weight excluding hydrogens is 376 g/mol. The number of hydrogen-bond donors (Lipinski definition) is 2. The lowest BCUT2D eigenvalue weighted by Gasteiger charge is -2.10. The Balaban J connectivity index is 2.09. The summed E-state index contributed by atoms with van der Waals surface area (Å²) < 4.78 is 5.34. The molecule has 2 rings (SSSR count). The van der Waals surface area contributed by atoms with E-state index >= 15 is 0 Å². The third-order valence-corrected chi connectivity index (χ3v) is 5.10. The lowest BCUT2D eigenvalue weighted by Crippen LogP contribution is -2.19. The van der Waals surface area contributed by atoms with Crippen LogP contribution in [0.1, 0.15) is 40.9 Å². The first-order chi connectivity index (χ1) is 13.4. The molecule has 0 aliphatic rings. The number of carboxylic acid groups (broad SMARTS) is 1. The number of thioether (sulfide) groups is 1. The average Bonchev–Trinajstić information content (AvgIpc) is 2.71. The van der Waals surface area contributed by atoms with Crippen molar-refractivity contribution < 1.29 is 19.4 Å². The van der Waals surface area contributed by atoms with Gasteiger partial charge in [0.15, 0.2) is 0 Å². The molecule has 0 atom stereocenters. The van der Waals surface area contributed by atoms with Crippen molar-refractivity contribution in [1.82, 2.24) is 5.43 Å². The van der Waals surface area contributed by atoms with Crippen molar-refractivity contribution in [2.75, 3.05) is 12.9 Å². The summed E-state index contributed by atoms with van der Waals surface area (Å²) in [6, 6.07) is 13.0. The van der Waals surface area contributed by atoms with Gasteiger partial charge in [0.2, 0.25) is 0 Å². The first-order valence-corrected chi connectivity index (χ1v) is 10.0. The molecule has 0 unspecified atom stereocenters. The molecule has 7 heteroatoms. The van der Waals surface area contributed by atoms with Crippen LogP contribution in [-0.4, -0.2) is 35.6 Å². The summed E-state index contributed by atoms with van der Waals surface area (Å²) in [7, 11) is 1.57. The highest BCUT2D eigenvalue weighted by molar-refractivity contribution is 7.99. The number of methoxy groups -OCH3 is 1. The van der Waals surface area contributed by atoms with Crippen LogP contribution in [0.3, 0.4) is 0 Å². The van der Waals surface area contributed by atoms with Crippen LogP contribution < -0.4 is 10.2 Å². The quantitative estimate of drug-likeness (QED) is 0.495. The number of aryl methyl sites for hydroxylation is 1. The molecule has 0 fully saturated rings. The monoisotopic (exact) mass is 400 g/mol. The van der Waals surface area contributed by atoms with Crippen LogP contribution in [0.25, 0.3) is 0 Å². The Morgan fingerprint density at radius 2 is 1.82 bits per heavy atom. The van der Waals surface area contributed by atoms with Crippen molar-refractivity contribution in [1.29, 1.82) is 0 Å². The third-order valence-electron chi connectivity index (χ3n) is 4.13. The highest BCUT2D eigenvalue weighted by Gasteiger charge is 2.09.